The van der Waals surface area contributed by atoms with Crippen molar-refractivity contribution >= 4 is 11.8 Å². The molecule has 3 N–H and O–H groups in total. The van der Waals surface area contributed by atoms with Crippen LogP contribution in [0, 0.1) is 13.8 Å². The normalized spacial score (nSPS) is 15.1. The van der Waals surface area contributed by atoms with E-state index >= 15 is 0 Å². The molecular formula is C20H25N3O3. The first kappa shape index (κ1) is 18.2. The van der Waals surface area contributed by atoms with E-state index in [1.165, 1.54) is 0 Å². The van der Waals surface area contributed by atoms with Gasteiger partial charge in [-0.25, -0.2) is 0 Å². The molecule has 0 aliphatic carbocycles. The smallest absolute Gasteiger partial charge is 0.255 e. The lowest BCUT2D eigenvalue weighted by Gasteiger charge is -2.32. The summed E-state index contributed by atoms with van der Waals surface area (Å²) in [7, 11) is 0. The van der Waals surface area contributed by atoms with Gasteiger partial charge in [0.25, 0.3) is 11.8 Å². The lowest BCUT2D eigenvalue weighted by atomic mass is 10.0. The largest absolute Gasteiger partial charge is 0.466 e. The van der Waals surface area contributed by atoms with E-state index in [1.807, 2.05) is 36.1 Å². The number of benzene rings is 1. The molecule has 0 unspecified atom stereocenters. The molecule has 2 aromatic rings. The molecule has 1 aromatic heterocycles. The zero-order valence-electron chi connectivity index (χ0n) is 15.2. The van der Waals surface area contributed by atoms with Gasteiger partial charge in [0, 0.05) is 31.2 Å². The molecule has 2 heterocycles. The van der Waals surface area contributed by atoms with E-state index in [9.17, 15) is 9.59 Å². The summed E-state index contributed by atoms with van der Waals surface area (Å²) in [5.41, 5.74) is 7.86. The quantitative estimate of drug-likeness (QED) is 0.881. The van der Waals surface area contributed by atoms with Gasteiger partial charge in [-0.3, -0.25) is 9.59 Å². The molecule has 1 aliphatic heterocycles. The Labute approximate surface area is 153 Å². The molecular weight excluding hydrogens is 330 g/mol. The maximum absolute atomic E-state index is 12.6. The molecule has 0 atom stereocenters. The average molecular weight is 355 g/mol. The number of likely N-dealkylation sites (tertiary alicyclic amines) is 1. The van der Waals surface area contributed by atoms with E-state index in [0.717, 1.165) is 24.2 Å². The second-order valence-electron chi connectivity index (χ2n) is 6.77. The summed E-state index contributed by atoms with van der Waals surface area (Å²) in [6.45, 7) is 5.35. The van der Waals surface area contributed by atoms with Gasteiger partial charge in [-0.1, -0.05) is 12.1 Å². The predicted molar refractivity (Wildman–Crippen MR) is 98.9 cm³/mol. The van der Waals surface area contributed by atoms with Crippen molar-refractivity contribution in [3.8, 4) is 0 Å². The number of aryl methyl sites for hydroxylation is 2. The Morgan fingerprint density at radius 3 is 2.38 bits per heavy atom. The fourth-order valence-corrected chi connectivity index (χ4v) is 3.31. The third-order valence-electron chi connectivity index (χ3n) is 4.84. The van der Waals surface area contributed by atoms with Crippen molar-refractivity contribution in [2.24, 2.45) is 5.73 Å². The molecule has 0 bridgehead atoms. The van der Waals surface area contributed by atoms with E-state index in [0.29, 0.717) is 36.5 Å². The molecule has 0 spiro atoms. The number of amides is 2. The van der Waals surface area contributed by atoms with E-state index in [-0.39, 0.29) is 17.9 Å². The maximum atomic E-state index is 12.6. The zero-order valence-corrected chi connectivity index (χ0v) is 15.2. The Kier molecular flexibility index (Phi) is 5.42. The maximum Gasteiger partial charge on any atom is 0.255 e. The summed E-state index contributed by atoms with van der Waals surface area (Å²) < 4.78 is 5.42. The SMILES string of the molecule is Cc1cc(C(=O)NC2CCN(C(=O)c3ccc(CN)cc3)CC2)c(C)o1. The third-order valence-corrected chi connectivity index (χ3v) is 4.84. The Morgan fingerprint density at radius 2 is 1.85 bits per heavy atom. The van der Waals surface area contributed by atoms with Crippen molar-refractivity contribution in [2.45, 2.75) is 39.3 Å². The number of nitrogens with two attached hydrogens (primary N) is 1. The number of carbonyl (C=O) groups excluding carboxylic acids is 2. The van der Waals surface area contributed by atoms with Gasteiger partial charge in [0.05, 0.1) is 5.56 Å². The molecule has 2 amide bonds. The first-order chi connectivity index (χ1) is 12.5. The first-order valence-corrected chi connectivity index (χ1v) is 8.94. The fraction of sp³-hybridized carbons (Fsp3) is 0.400. The minimum Gasteiger partial charge on any atom is -0.466 e. The van der Waals surface area contributed by atoms with Crippen molar-refractivity contribution in [3.63, 3.8) is 0 Å². The average Bonchev–Trinajstić information content (AvgIpc) is 3.00. The third kappa shape index (κ3) is 3.96. The molecule has 6 nitrogen and oxygen atoms in total. The predicted octanol–water partition coefficient (Wildman–Crippen LogP) is 2.39. The van der Waals surface area contributed by atoms with Crippen LogP contribution in [0.1, 0.15) is 50.6 Å². The van der Waals surface area contributed by atoms with Crippen molar-refractivity contribution in [3.05, 3.63) is 58.5 Å². The van der Waals surface area contributed by atoms with E-state index < -0.39 is 0 Å². The summed E-state index contributed by atoms with van der Waals surface area (Å²) >= 11 is 0. The van der Waals surface area contributed by atoms with E-state index in [2.05, 4.69) is 5.32 Å². The molecule has 26 heavy (non-hydrogen) atoms. The summed E-state index contributed by atoms with van der Waals surface area (Å²) in [5, 5.41) is 3.05. The van der Waals surface area contributed by atoms with Gasteiger partial charge in [0.2, 0.25) is 0 Å². The Balaban J connectivity index is 1.54. The second-order valence-corrected chi connectivity index (χ2v) is 6.77. The summed E-state index contributed by atoms with van der Waals surface area (Å²) in [4.78, 5) is 26.8. The first-order valence-electron chi connectivity index (χ1n) is 8.94. The lowest BCUT2D eigenvalue weighted by molar-refractivity contribution is 0.0698. The number of piperidine rings is 1. The van der Waals surface area contributed by atoms with Crippen molar-refractivity contribution in [1.29, 1.82) is 0 Å². The van der Waals surface area contributed by atoms with Crippen LogP contribution in [0.5, 0.6) is 0 Å². The Hall–Kier alpha value is -2.60. The van der Waals surface area contributed by atoms with Gasteiger partial charge in [-0.15, -0.1) is 0 Å². The molecule has 1 fully saturated rings. The van der Waals surface area contributed by atoms with Gasteiger partial charge < -0.3 is 20.4 Å². The van der Waals surface area contributed by atoms with Gasteiger partial charge >= 0.3 is 0 Å². The van der Waals surface area contributed by atoms with E-state index in [4.69, 9.17) is 10.2 Å². The van der Waals surface area contributed by atoms with Crippen LogP contribution in [-0.4, -0.2) is 35.8 Å². The molecule has 6 heteroatoms. The number of hydrogen-bond acceptors (Lipinski definition) is 4. The summed E-state index contributed by atoms with van der Waals surface area (Å²) in [6, 6.07) is 9.24. The van der Waals surface area contributed by atoms with Crippen molar-refractivity contribution in [1.82, 2.24) is 10.2 Å². The molecule has 0 saturated carbocycles. The monoisotopic (exact) mass is 355 g/mol. The van der Waals surface area contributed by atoms with Gasteiger partial charge in [0.15, 0.2) is 0 Å². The zero-order chi connectivity index (χ0) is 18.7. The number of carbonyl (C=O) groups is 2. The van der Waals surface area contributed by atoms with Crippen LogP contribution < -0.4 is 11.1 Å². The van der Waals surface area contributed by atoms with Crippen LogP contribution in [0.25, 0.3) is 0 Å². The van der Waals surface area contributed by atoms with E-state index in [1.54, 1.807) is 13.0 Å². The fourth-order valence-electron chi connectivity index (χ4n) is 3.31. The molecule has 0 radical (unpaired) electrons. The summed E-state index contributed by atoms with van der Waals surface area (Å²) in [6.07, 6.45) is 1.49. The second kappa shape index (κ2) is 7.74. The highest BCUT2D eigenvalue weighted by atomic mass is 16.3. The summed E-state index contributed by atoms with van der Waals surface area (Å²) in [5.74, 6) is 1.28. The van der Waals surface area contributed by atoms with Gasteiger partial charge in [-0.2, -0.15) is 0 Å². The molecule has 1 aromatic carbocycles. The van der Waals surface area contributed by atoms with Crippen LogP contribution in [0.15, 0.2) is 34.7 Å². The highest BCUT2D eigenvalue weighted by Crippen LogP contribution is 2.17. The Morgan fingerprint density at radius 1 is 1.19 bits per heavy atom. The molecule has 3 rings (SSSR count). The van der Waals surface area contributed by atoms with Crippen LogP contribution in [-0.2, 0) is 6.54 Å². The van der Waals surface area contributed by atoms with Crippen molar-refractivity contribution < 1.29 is 14.0 Å². The molecule has 138 valence electrons. The van der Waals surface area contributed by atoms with Crippen LogP contribution in [0.3, 0.4) is 0 Å². The minimum atomic E-state index is -0.110. The Bertz CT molecular complexity index is 787. The number of nitrogens with one attached hydrogen (secondary N) is 1. The number of rotatable bonds is 4. The minimum absolute atomic E-state index is 0.0275. The van der Waals surface area contributed by atoms with Gasteiger partial charge in [0.1, 0.15) is 11.5 Å². The van der Waals surface area contributed by atoms with Gasteiger partial charge in [-0.05, 0) is 50.5 Å². The van der Waals surface area contributed by atoms with Crippen molar-refractivity contribution in [2.75, 3.05) is 13.1 Å². The topological polar surface area (TPSA) is 88.6 Å². The molecule has 1 aliphatic rings. The highest BCUT2D eigenvalue weighted by Gasteiger charge is 2.25. The number of hydrogen-bond donors (Lipinski definition) is 2. The lowest BCUT2D eigenvalue weighted by Crippen LogP contribution is -2.46. The van der Waals surface area contributed by atoms with Crippen LogP contribution in [0.2, 0.25) is 0 Å². The van der Waals surface area contributed by atoms with Crippen LogP contribution >= 0.6 is 0 Å². The highest BCUT2D eigenvalue weighted by molar-refractivity contribution is 5.96. The number of nitrogens with zero attached hydrogens (tertiary/aromatic N) is 1. The number of furan rings is 1. The molecule has 1 saturated heterocycles. The standard InChI is InChI=1S/C20H25N3O3/c1-13-11-18(14(2)26-13)19(24)22-17-7-9-23(10-8-17)20(25)16-5-3-15(12-21)4-6-16/h3-6,11,17H,7-10,12,21H2,1-2H3,(H,22,24). The van der Waals surface area contributed by atoms with Crippen LogP contribution in [0.4, 0.5) is 0 Å².